The van der Waals surface area contributed by atoms with Crippen LogP contribution in [0.25, 0.3) is 0 Å². The first kappa shape index (κ1) is 18.3. The Labute approximate surface area is 167 Å². The van der Waals surface area contributed by atoms with Crippen molar-refractivity contribution in [2.75, 3.05) is 31.6 Å². The Bertz CT molecular complexity index is 821. The van der Waals surface area contributed by atoms with Gasteiger partial charge >= 0.3 is 0 Å². The molecule has 2 heterocycles. The van der Waals surface area contributed by atoms with Gasteiger partial charge in [0.15, 0.2) is 11.5 Å². The molecule has 0 spiro atoms. The van der Waals surface area contributed by atoms with Crippen LogP contribution in [0.1, 0.15) is 30.9 Å². The molecule has 5 nitrogen and oxygen atoms in total. The molecule has 0 bridgehead atoms. The number of nitrogens with one attached hydrogen (secondary N) is 1. The number of carbonyl (C=O) groups is 1. The van der Waals surface area contributed by atoms with Crippen LogP contribution in [0.3, 0.4) is 0 Å². The predicted octanol–water partition coefficient (Wildman–Crippen LogP) is 4.39. The summed E-state index contributed by atoms with van der Waals surface area (Å²) in [5.74, 6) is 1.39. The molecule has 6 heteroatoms. The van der Waals surface area contributed by atoms with Crippen LogP contribution < -0.4 is 14.8 Å². The third-order valence-corrected chi connectivity index (χ3v) is 5.43. The lowest BCUT2D eigenvalue weighted by atomic mass is 10.0. The predicted molar refractivity (Wildman–Crippen MR) is 108 cm³/mol. The Morgan fingerprint density at radius 2 is 1.78 bits per heavy atom. The number of amides is 1. The van der Waals surface area contributed by atoms with Gasteiger partial charge in [0.25, 0.3) is 0 Å². The van der Waals surface area contributed by atoms with E-state index in [1.165, 1.54) is 0 Å². The highest BCUT2D eigenvalue weighted by atomic mass is 79.9. The second kappa shape index (κ2) is 8.31. The van der Waals surface area contributed by atoms with Gasteiger partial charge in [-0.15, -0.1) is 0 Å². The normalized spacial score (nSPS) is 18.0. The number of benzene rings is 2. The van der Waals surface area contributed by atoms with Crippen molar-refractivity contribution < 1.29 is 14.3 Å². The monoisotopic (exact) mass is 430 g/mol. The molecule has 1 fully saturated rings. The van der Waals surface area contributed by atoms with E-state index in [0.29, 0.717) is 19.0 Å². The zero-order valence-corrected chi connectivity index (χ0v) is 16.7. The van der Waals surface area contributed by atoms with Crippen molar-refractivity contribution in [1.82, 2.24) is 4.90 Å². The van der Waals surface area contributed by atoms with Crippen LogP contribution in [-0.2, 0) is 4.79 Å². The van der Waals surface area contributed by atoms with E-state index in [1.54, 1.807) is 0 Å². The molecule has 0 saturated carbocycles. The number of nitrogens with zero attached hydrogens (tertiary/aromatic N) is 1. The average Bonchev–Trinajstić information content (AvgIpc) is 3.07. The smallest absolute Gasteiger partial charge is 0.246 e. The molecular formula is C21H23BrN2O3. The summed E-state index contributed by atoms with van der Waals surface area (Å²) in [6.45, 7) is 3.15. The maximum atomic E-state index is 13.2. The van der Waals surface area contributed by atoms with E-state index in [4.69, 9.17) is 9.47 Å². The van der Waals surface area contributed by atoms with Crippen molar-refractivity contribution in [2.45, 2.75) is 25.3 Å². The fourth-order valence-corrected chi connectivity index (χ4v) is 4.07. The number of anilines is 1. The van der Waals surface area contributed by atoms with E-state index < -0.39 is 0 Å². The van der Waals surface area contributed by atoms with Gasteiger partial charge in [-0.2, -0.15) is 0 Å². The van der Waals surface area contributed by atoms with Gasteiger partial charge in [-0.3, -0.25) is 9.69 Å². The summed E-state index contributed by atoms with van der Waals surface area (Å²) in [4.78, 5) is 15.5. The molecule has 0 aromatic heterocycles. The summed E-state index contributed by atoms with van der Waals surface area (Å²) in [5.41, 5.74) is 1.72. The standard InChI is InChI=1S/C21H23BrN2O3/c22-16-6-3-5-15(13-16)20(24-9-1-2-10-24)21(25)23-17-7-8-18-19(14-17)27-12-4-11-26-18/h3,5-8,13-14,20H,1-2,4,9-12H2,(H,23,25)/t20-/m0/s1. The van der Waals surface area contributed by atoms with Gasteiger partial charge in [-0.1, -0.05) is 28.1 Å². The first-order valence-corrected chi connectivity index (χ1v) is 10.2. The van der Waals surface area contributed by atoms with E-state index in [9.17, 15) is 4.79 Å². The lowest BCUT2D eigenvalue weighted by Crippen LogP contribution is -2.35. The minimum atomic E-state index is -0.305. The Hall–Kier alpha value is -2.05. The molecule has 1 saturated heterocycles. The highest BCUT2D eigenvalue weighted by Gasteiger charge is 2.30. The number of halogens is 1. The Balaban J connectivity index is 1.57. The Kier molecular flexibility index (Phi) is 5.64. The summed E-state index contributed by atoms with van der Waals surface area (Å²) in [5, 5.41) is 3.08. The fraction of sp³-hybridized carbons (Fsp3) is 0.381. The minimum absolute atomic E-state index is 0.0236. The van der Waals surface area contributed by atoms with Crippen LogP contribution >= 0.6 is 15.9 Å². The average molecular weight is 431 g/mol. The first-order chi connectivity index (χ1) is 13.2. The second-order valence-electron chi connectivity index (χ2n) is 6.90. The summed E-state index contributed by atoms with van der Waals surface area (Å²) in [6.07, 6.45) is 3.11. The van der Waals surface area contributed by atoms with E-state index in [0.717, 1.165) is 53.8 Å². The number of ether oxygens (including phenoxy) is 2. The van der Waals surface area contributed by atoms with E-state index >= 15 is 0 Å². The topological polar surface area (TPSA) is 50.8 Å². The molecule has 1 amide bonds. The van der Waals surface area contributed by atoms with Crippen LogP contribution in [0, 0.1) is 0 Å². The third-order valence-electron chi connectivity index (χ3n) is 4.93. The molecule has 1 atom stereocenters. The van der Waals surface area contributed by atoms with E-state index in [1.807, 2.05) is 42.5 Å². The van der Waals surface area contributed by atoms with Crippen molar-refractivity contribution in [3.63, 3.8) is 0 Å². The Morgan fingerprint density at radius 1 is 1.00 bits per heavy atom. The number of likely N-dealkylation sites (tertiary alicyclic amines) is 1. The van der Waals surface area contributed by atoms with Gasteiger partial charge in [0.05, 0.1) is 13.2 Å². The Morgan fingerprint density at radius 3 is 2.56 bits per heavy atom. The second-order valence-corrected chi connectivity index (χ2v) is 7.82. The molecule has 27 heavy (non-hydrogen) atoms. The highest BCUT2D eigenvalue weighted by molar-refractivity contribution is 9.10. The quantitative estimate of drug-likeness (QED) is 0.781. The number of hydrogen-bond donors (Lipinski definition) is 1. The largest absolute Gasteiger partial charge is 0.490 e. The van der Waals surface area contributed by atoms with Crippen molar-refractivity contribution in [3.05, 3.63) is 52.5 Å². The lowest BCUT2D eigenvalue weighted by molar-refractivity contribution is -0.121. The van der Waals surface area contributed by atoms with Crippen molar-refractivity contribution in [1.29, 1.82) is 0 Å². The molecule has 4 rings (SSSR count). The SMILES string of the molecule is O=C(Nc1ccc2c(c1)OCCCO2)[C@H](c1cccc(Br)c1)N1CCCC1. The van der Waals surface area contributed by atoms with Gasteiger partial charge in [0, 0.05) is 22.6 Å². The lowest BCUT2D eigenvalue weighted by Gasteiger charge is -2.27. The minimum Gasteiger partial charge on any atom is -0.490 e. The molecule has 142 valence electrons. The van der Waals surface area contributed by atoms with Crippen molar-refractivity contribution in [2.24, 2.45) is 0 Å². The van der Waals surface area contributed by atoms with Crippen molar-refractivity contribution >= 4 is 27.5 Å². The highest BCUT2D eigenvalue weighted by Crippen LogP contribution is 2.33. The molecular weight excluding hydrogens is 408 g/mol. The fourth-order valence-electron chi connectivity index (χ4n) is 3.66. The molecule has 0 aliphatic carbocycles. The van der Waals surface area contributed by atoms with Crippen LogP contribution in [0.4, 0.5) is 5.69 Å². The van der Waals surface area contributed by atoms with Gasteiger partial charge in [0.1, 0.15) is 6.04 Å². The molecule has 2 aliphatic rings. The zero-order chi connectivity index (χ0) is 18.6. The van der Waals surface area contributed by atoms with Gasteiger partial charge in [0.2, 0.25) is 5.91 Å². The number of carbonyl (C=O) groups excluding carboxylic acids is 1. The van der Waals surface area contributed by atoms with Crippen LogP contribution in [0.15, 0.2) is 46.9 Å². The molecule has 2 aromatic carbocycles. The van der Waals surface area contributed by atoms with E-state index in [2.05, 4.69) is 26.1 Å². The maximum Gasteiger partial charge on any atom is 0.246 e. The summed E-state index contributed by atoms with van der Waals surface area (Å²) >= 11 is 3.52. The molecule has 0 unspecified atom stereocenters. The zero-order valence-electron chi connectivity index (χ0n) is 15.1. The van der Waals surface area contributed by atoms with Crippen LogP contribution in [0.5, 0.6) is 11.5 Å². The number of fused-ring (bicyclic) bond motifs is 1. The summed E-state index contributed by atoms with van der Waals surface area (Å²) in [6, 6.07) is 13.3. The van der Waals surface area contributed by atoms with Crippen LogP contribution in [0.2, 0.25) is 0 Å². The molecule has 1 N–H and O–H groups in total. The number of rotatable bonds is 4. The van der Waals surface area contributed by atoms with Gasteiger partial charge in [-0.25, -0.2) is 0 Å². The third kappa shape index (κ3) is 4.28. The maximum absolute atomic E-state index is 13.2. The van der Waals surface area contributed by atoms with Crippen LogP contribution in [-0.4, -0.2) is 37.1 Å². The van der Waals surface area contributed by atoms with Gasteiger partial charge < -0.3 is 14.8 Å². The summed E-state index contributed by atoms with van der Waals surface area (Å²) < 4.78 is 12.4. The van der Waals surface area contributed by atoms with Gasteiger partial charge in [-0.05, 0) is 55.8 Å². The summed E-state index contributed by atoms with van der Waals surface area (Å²) in [7, 11) is 0. The number of hydrogen-bond acceptors (Lipinski definition) is 4. The van der Waals surface area contributed by atoms with Crippen molar-refractivity contribution in [3.8, 4) is 11.5 Å². The molecule has 2 aromatic rings. The first-order valence-electron chi connectivity index (χ1n) is 9.41. The molecule has 2 aliphatic heterocycles. The van der Waals surface area contributed by atoms with E-state index in [-0.39, 0.29) is 11.9 Å². The molecule has 0 radical (unpaired) electrons.